The van der Waals surface area contributed by atoms with Crippen LogP contribution >= 0.6 is 0 Å². The lowest BCUT2D eigenvalue weighted by Gasteiger charge is -2.13. The first-order valence-electron chi connectivity index (χ1n) is 8.98. The van der Waals surface area contributed by atoms with Gasteiger partial charge in [-0.2, -0.15) is 0 Å². The Balaban J connectivity index is 2.04. The van der Waals surface area contributed by atoms with Gasteiger partial charge in [-0.3, -0.25) is 0 Å². The minimum Gasteiger partial charge on any atom is -0.496 e. The summed E-state index contributed by atoms with van der Waals surface area (Å²) < 4.78 is 12.5. The van der Waals surface area contributed by atoms with Gasteiger partial charge in [0.25, 0.3) is 0 Å². The Bertz CT molecular complexity index is 1040. The van der Waals surface area contributed by atoms with Gasteiger partial charge in [0.05, 0.1) is 13.7 Å². The molecule has 0 saturated carbocycles. The molecule has 2 aromatic carbocycles. The number of aryl methyl sites for hydroxylation is 2. The van der Waals surface area contributed by atoms with Gasteiger partial charge in [0.1, 0.15) is 11.4 Å². The molecule has 3 aromatic rings. The summed E-state index contributed by atoms with van der Waals surface area (Å²) in [4.78, 5) is 12.1. The predicted molar refractivity (Wildman–Crippen MR) is 109 cm³/mol. The molecule has 0 fully saturated rings. The summed E-state index contributed by atoms with van der Waals surface area (Å²) in [6.07, 6.45) is 0. The van der Waals surface area contributed by atoms with E-state index in [0.29, 0.717) is 12.3 Å². The number of ether oxygens (including phenoxy) is 2. The van der Waals surface area contributed by atoms with Gasteiger partial charge in [-0.25, -0.2) is 4.79 Å². The summed E-state index contributed by atoms with van der Waals surface area (Å²) in [6.45, 7) is 10.6. The number of rotatable bonds is 5. The lowest BCUT2D eigenvalue weighted by atomic mass is 9.95. The van der Waals surface area contributed by atoms with Crippen molar-refractivity contribution in [3.05, 3.63) is 70.9 Å². The molecule has 0 spiro atoms. The predicted octanol–water partition coefficient (Wildman–Crippen LogP) is 5.04. The van der Waals surface area contributed by atoms with Crippen LogP contribution < -0.4 is 4.74 Å². The van der Waals surface area contributed by atoms with Crippen LogP contribution in [0.2, 0.25) is 0 Å². The molecule has 4 nitrogen and oxygen atoms in total. The standard InChI is InChI=1S/C23H25NO3/c1-7-27-23(25)21-12-19-11-17(8-9-20(19)24(21)5)16(4)18-10-14(2)15(3)22(13-18)26-6/h8-13H,4,7H2,1-3,5-6H3. The Labute approximate surface area is 160 Å². The third kappa shape index (κ3) is 3.35. The van der Waals surface area contributed by atoms with Crippen molar-refractivity contribution in [2.75, 3.05) is 13.7 Å². The van der Waals surface area contributed by atoms with Crippen molar-refractivity contribution in [1.82, 2.24) is 4.57 Å². The molecule has 1 aromatic heterocycles. The topological polar surface area (TPSA) is 40.5 Å². The number of esters is 1. The number of methoxy groups -OCH3 is 1. The number of carbonyl (C=O) groups is 1. The van der Waals surface area contributed by atoms with Gasteiger partial charge in [0.2, 0.25) is 0 Å². The Morgan fingerprint density at radius 1 is 1.11 bits per heavy atom. The van der Waals surface area contributed by atoms with Gasteiger partial charge in [-0.15, -0.1) is 0 Å². The SMILES string of the molecule is C=C(c1cc(C)c(C)c(OC)c1)c1ccc2c(c1)cc(C(=O)OCC)n2C. The fourth-order valence-electron chi connectivity index (χ4n) is 3.32. The maximum absolute atomic E-state index is 12.1. The van der Waals surface area contributed by atoms with Gasteiger partial charge in [-0.05, 0) is 72.9 Å². The van der Waals surface area contributed by atoms with Crippen LogP contribution in [0.1, 0.15) is 39.7 Å². The Morgan fingerprint density at radius 2 is 1.85 bits per heavy atom. The van der Waals surface area contributed by atoms with E-state index in [1.807, 2.05) is 42.8 Å². The van der Waals surface area contributed by atoms with Crippen LogP contribution in [-0.4, -0.2) is 24.3 Å². The summed E-state index contributed by atoms with van der Waals surface area (Å²) >= 11 is 0. The van der Waals surface area contributed by atoms with Gasteiger partial charge >= 0.3 is 5.97 Å². The van der Waals surface area contributed by atoms with Crippen molar-refractivity contribution in [3.8, 4) is 5.75 Å². The van der Waals surface area contributed by atoms with Crippen molar-refractivity contribution in [2.24, 2.45) is 7.05 Å². The zero-order chi connectivity index (χ0) is 19.7. The first-order chi connectivity index (χ1) is 12.9. The monoisotopic (exact) mass is 363 g/mol. The molecule has 0 aliphatic carbocycles. The largest absolute Gasteiger partial charge is 0.496 e. The molecule has 0 unspecified atom stereocenters. The summed E-state index contributed by atoms with van der Waals surface area (Å²) in [5, 5.41) is 0.981. The number of nitrogens with zero attached hydrogens (tertiary/aromatic N) is 1. The van der Waals surface area contributed by atoms with Crippen LogP contribution in [0.4, 0.5) is 0 Å². The minimum atomic E-state index is -0.310. The highest BCUT2D eigenvalue weighted by atomic mass is 16.5. The molecular formula is C23H25NO3. The number of aromatic nitrogens is 1. The first kappa shape index (κ1) is 18.8. The molecule has 0 atom stereocenters. The molecule has 0 N–H and O–H groups in total. The Hall–Kier alpha value is -3.01. The smallest absolute Gasteiger partial charge is 0.354 e. The van der Waals surface area contributed by atoms with Crippen LogP contribution in [0.5, 0.6) is 5.75 Å². The molecule has 0 radical (unpaired) electrons. The molecular weight excluding hydrogens is 338 g/mol. The van der Waals surface area contributed by atoms with E-state index in [4.69, 9.17) is 9.47 Å². The number of hydrogen-bond acceptors (Lipinski definition) is 3. The Morgan fingerprint density at radius 3 is 2.52 bits per heavy atom. The van der Waals surface area contributed by atoms with Crippen molar-refractivity contribution >= 4 is 22.4 Å². The highest BCUT2D eigenvalue weighted by molar-refractivity contribution is 5.97. The lowest BCUT2D eigenvalue weighted by molar-refractivity contribution is 0.0516. The van der Waals surface area contributed by atoms with Crippen molar-refractivity contribution in [1.29, 1.82) is 0 Å². The fourth-order valence-corrected chi connectivity index (χ4v) is 3.32. The lowest BCUT2D eigenvalue weighted by Crippen LogP contribution is -2.09. The van der Waals surface area contributed by atoms with E-state index in [9.17, 15) is 4.79 Å². The van der Waals surface area contributed by atoms with Crippen LogP contribution in [-0.2, 0) is 11.8 Å². The molecule has 27 heavy (non-hydrogen) atoms. The van der Waals surface area contributed by atoms with E-state index in [1.54, 1.807) is 14.0 Å². The molecule has 4 heteroatoms. The van der Waals surface area contributed by atoms with E-state index >= 15 is 0 Å². The second-order valence-electron chi connectivity index (χ2n) is 6.68. The van der Waals surface area contributed by atoms with E-state index in [-0.39, 0.29) is 5.97 Å². The molecule has 0 amide bonds. The van der Waals surface area contributed by atoms with E-state index in [0.717, 1.165) is 44.5 Å². The minimum absolute atomic E-state index is 0.310. The van der Waals surface area contributed by atoms with Crippen LogP contribution in [0.3, 0.4) is 0 Å². The maximum Gasteiger partial charge on any atom is 0.354 e. The second-order valence-corrected chi connectivity index (χ2v) is 6.68. The van der Waals surface area contributed by atoms with E-state index < -0.39 is 0 Å². The quantitative estimate of drug-likeness (QED) is 0.596. The number of benzene rings is 2. The van der Waals surface area contributed by atoms with E-state index in [1.165, 1.54) is 0 Å². The summed E-state index contributed by atoms with van der Waals surface area (Å²) in [7, 11) is 3.55. The van der Waals surface area contributed by atoms with Crippen molar-refractivity contribution < 1.29 is 14.3 Å². The van der Waals surface area contributed by atoms with Crippen molar-refractivity contribution in [2.45, 2.75) is 20.8 Å². The van der Waals surface area contributed by atoms with Gasteiger partial charge < -0.3 is 14.0 Å². The van der Waals surface area contributed by atoms with Gasteiger partial charge in [-0.1, -0.05) is 18.7 Å². The van der Waals surface area contributed by atoms with Crippen LogP contribution in [0, 0.1) is 13.8 Å². The van der Waals surface area contributed by atoms with E-state index in [2.05, 4.69) is 25.6 Å². The normalized spacial score (nSPS) is 10.9. The molecule has 3 rings (SSSR count). The number of carbonyl (C=O) groups excluding carboxylic acids is 1. The average molecular weight is 363 g/mol. The molecule has 1 heterocycles. The Kier molecular flexibility index (Phi) is 5.08. The van der Waals surface area contributed by atoms with Gasteiger partial charge in [0, 0.05) is 18.0 Å². The third-order valence-electron chi connectivity index (χ3n) is 5.06. The van der Waals surface area contributed by atoms with Gasteiger partial charge in [0.15, 0.2) is 0 Å². The van der Waals surface area contributed by atoms with Crippen LogP contribution in [0.25, 0.3) is 16.5 Å². The highest BCUT2D eigenvalue weighted by Crippen LogP contribution is 2.31. The molecule has 0 aliphatic rings. The fraction of sp³-hybridized carbons (Fsp3) is 0.261. The van der Waals surface area contributed by atoms with Crippen molar-refractivity contribution in [3.63, 3.8) is 0 Å². The zero-order valence-electron chi connectivity index (χ0n) is 16.6. The highest BCUT2D eigenvalue weighted by Gasteiger charge is 2.15. The number of fused-ring (bicyclic) bond motifs is 1. The molecule has 140 valence electrons. The summed E-state index contributed by atoms with van der Waals surface area (Å²) in [5.41, 5.74) is 6.77. The first-order valence-corrected chi connectivity index (χ1v) is 8.98. The third-order valence-corrected chi connectivity index (χ3v) is 5.06. The zero-order valence-corrected chi connectivity index (χ0v) is 16.6. The second kappa shape index (κ2) is 7.31. The molecule has 0 aliphatic heterocycles. The van der Waals surface area contributed by atoms with Crippen LogP contribution in [0.15, 0.2) is 43.0 Å². The number of hydrogen-bond donors (Lipinski definition) is 0. The molecule has 0 bridgehead atoms. The molecule has 0 saturated heterocycles. The summed E-state index contributed by atoms with van der Waals surface area (Å²) in [6, 6.07) is 12.1. The average Bonchev–Trinajstić information content (AvgIpc) is 2.99. The maximum atomic E-state index is 12.1. The summed E-state index contributed by atoms with van der Waals surface area (Å²) in [5.74, 6) is 0.548.